The summed E-state index contributed by atoms with van der Waals surface area (Å²) in [5.41, 5.74) is 0.504. The van der Waals surface area contributed by atoms with Crippen LogP contribution in [0, 0.1) is 5.82 Å². The second-order valence-corrected chi connectivity index (χ2v) is 3.81. The second kappa shape index (κ2) is 6.54. The van der Waals surface area contributed by atoms with Crippen molar-refractivity contribution in [3.05, 3.63) is 59.9 Å². The topological polar surface area (TPSA) is 35.5 Å². The van der Waals surface area contributed by atoms with Crippen molar-refractivity contribution in [2.24, 2.45) is 0 Å². The van der Waals surface area contributed by atoms with E-state index in [1.54, 1.807) is 36.4 Å². The third-order valence-corrected chi connectivity index (χ3v) is 2.47. The maximum Gasteiger partial charge on any atom is 0.153 e. The molecule has 0 saturated heterocycles. The molecule has 0 aromatic heterocycles. The van der Waals surface area contributed by atoms with Gasteiger partial charge >= 0.3 is 0 Å². The zero-order valence-electron chi connectivity index (χ0n) is 10.2. The molecule has 0 fully saturated rings. The fourth-order valence-electron chi connectivity index (χ4n) is 1.55. The van der Waals surface area contributed by atoms with Gasteiger partial charge in [-0.15, -0.1) is 0 Å². The number of rotatable bonds is 6. The first kappa shape index (κ1) is 13.1. The van der Waals surface area contributed by atoms with E-state index < -0.39 is 0 Å². The largest absolute Gasteiger partial charge is 0.490 e. The Kier molecular flexibility index (Phi) is 4.50. The van der Waals surface area contributed by atoms with E-state index in [4.69, 9.17) is 9.47 Å². The molecule has 2 aromatic carbocycles. The van der Waals surface area contributed by atoms with Crippen LogP contribution in [0.4, 0.5) is 4.39 Å². The number of aldehydes is 1. The molecule has 19 heavy (non-hydrogen) atoms. The number of hydrogen-bond acceptors (Lipinski definition) is 3. The van der Waals surface area contributed by atoms with E-state index in [0.717, 1.165) is 6.29 Å². The van der Waals surface area contributed by atoms with Crippen molar-refractivity contribution in [2.45, 2.75) is 0 Å². The molecule has 0 atom stereocenters. The lowest BCUT2D eigenvalue weighted by Crippen LogP contribution is -2.09. The lowest BCUT2D eigenvalue weighted by atomic mass is 10.2. The molecule has 0 bridgehead atoms. The average Bonchev–Trinajstić information content (AvgIpc) is 2.46. The lowest BCUT2D eigenvalue weighted by Gasteiger charge is -2.09. The normalized spacial score (nSPS) is 9.95. The highest BCUT2D eigenvalue weighted by molar-refractivity contribution is 5.79. The van der Waals surface area contributed by atoms with Crippen molar-refractivity contribution in [3.8, 4) is 11.5 Å². The predicted octanol–water partition coefficient (Wildman–Crippen LogP) is 3.10. The Morgan fingerprint density at radius 1 is 0.947 bits per heavy atom. The molecule has 0 spiro atoms. The fraction of sp³-hybridized carbons (Fsp3) is 0.133. The van der Waals surface area contributed by atoms with E-state index in [9.17, 15) is 9.18 Å². The van der Waals surface area contributed by atoms with Crippen molar-refractivity contribution in [1.29, 1.82) is 0 Å². The van der Waals surface area contributed by atoms with Crippen LogP contribution in [0.5, 0.6) is 11.5 Å². The number of carbonyl (C=O) groups excluding carboxylic acids is 1. The van der Waals surface area contributed by atoms with Gasteiger partial charge in [0.15, 0.2) is 6.29 Å². The summed E-state index contributed by atoms with van der Waals surface area (Å²) >= 11 is 0. The molecule has 0 amide bonds. The number of carbonyl (C=O) groups is 1. The number of benzene rings is 2. The van der Waals surface area contributed by atoms with E-state index >= 15 is 0 Å². The Morgan fingerprint density at radius 3 is 2.37 bits per heavy atom. The van der Waals surface area contributed by atoms with Gasteiger partial charge in [-0.05, 0) is 36.4 Å². The predicted molar refractivity (Wildman–Crippen MR) is 69.2 cm³/mol. The Hall–Kier alpha value is -2.36. The van der Waals surface area contributed by atoms with Gasteiger partial charge in [-0.25, -0.2) is 4.39 Å². The molecule has 0 N–H and O–H groups in total. The van der Waals surface area contributed by atoms with Gasteiger partial charge in [0.05, 0.1) is 5.56 Å². The van der Waals surface area contributed by atoms with Gasteiger partial charge < -0.3 is 9.47 Å². The van der Waals surface area contributed by atoms with Gasteiger partial charge in [0.1, 0.15) is 30.5 Å². The lowest BCUT2D eigenvalue weighted by molar-refractivity contribution is 0.111. The molecule has 3 nitrogen and oxygen atoms in total. The van der Waals surface area contributed by atoms with Crippen molar-refractivity contribution in [2.75, 3.05) is 13.2 Å². The molecule has 4 heteroatoms. The van der Waals surface area contributed by atoms with Crippen LogP contribution in [0.25, 0.3) is 0 Å². The minimum atomic E-state index is -0.302. The standard InChI is InChI=1S/C15H13FO3/c16-13-5-7-14(8-6-13)18-9-10-19-15-4-2-1-3-12(15)11-17/h1-8,11H,9-10H2. The highest BCUT2D eigenvalue weighted by atomic mass is 19.1. The van der Waals surface area contributed by atoms with Gasteiger partial charge in [-0.2, -0.15) is 0 Å². The Labute approximate surface area is 110 Å². The molecule has 0 heterocycles. The van der Waals surface area contributed by atoms with Crippen LogP contribution in [-0.4, -0.2) is 19.5 Å². The van der Waals surface area contributed by atoms with Crippen LogP contribution >= 0.6 is 0 Å². The molecule has 2 rings (SSSR count). The zero-order chi connectivity index (χ0) is 13.5. The first-order valence-electron chi connectivity index (χ1n) is 5.85. The molecular weight excluding hydrogens is 247 g/mol. The monoisotopic (exact) mass is 260 g/mol. The fourth-order valence-corrected chi connectivity index (χ4v) is 1.55. The molecule has 0 aliphatic rings. The van der Waals surface area contributed by atoms with Crippen LogP contribution < -0.4 is 9.47 Å². The summed E-state index contributed by atoms with van der Waals surface area (Å²) in [5, 5.41) is 0. The van der Waals surface area contributed by atoms with Crippen LogP contribution in [0.1, 0.15) is 10.4 Å². The van der Waals surface area contributed by atoms with E-state index in [2.05, 4.69) is 0 Å². The van der Waals surface area contributed by atoms with Gasteiger partial charge in [0.2, 0.25) is 0 Å². The van der Waals surface area contributed by atoms with E-state index in [-0.39, 0.29) is 5.82 Å². The highest BCUT2D eigenvalue weighted by Crippen LogP contribution is 2.15. The number of hydrogen-bond donors (Lipinski definition) is 0. The smallest absolute Gasteiger partial charge is 0.153 e. The van der Waals surface area contributed by atoms with Crippen LogP contribution in [0.2, 0.25) is 0 Å². The van der Waals surface area contributed by atoms with E-state index in [1.807, 2.05) is 0 Å². The minimum absolute atomic E-state index is 0.302. The average molecular weight is 260 g/mol. The van der Waals surface area contributed by atoms with Crippen LogP contribution in [-0.2, 0) is 0 Å². The first-order chi connectivity index (χ1) is 9.29. The van der Waals surface area contributed by atoms with Crippen molar-refractivity contribution in [1.82, 2.24) is 0 Å². The van der Waals surface area contributed by atoms with Crippen LogP contribution in [0.15, 0.2) is 48.5 Å². The molecule has 0 saturated carbocycles. The second-order valence-electron chi connectivity index (χ2n) is 3.81. The first-order valence-corrected chi connectivity index (χ1v) is 5.85. The molecule has 0 unspecified atom stereocenters. The summed E-state index contributed by atoms with van der Waals surface area (Å²) < 4.78 is 23.5. The SMILES string of the molecule is O=Cc1ccccc1OCCOc1ccc(F)cc1. The summed E-state index contributed by atoms with van der Waals surface area (Å²) in [6, 6.07) is 12.7. The molecule has 2 aromatic rings. The van der Waals surface area contributed by atoms with Gasteiger partial charge in [0.25, 0.3) is 0 Å². The maximum atomic E-state index is 12.7. The van der Waals surface area contributed by atoms with Crippen molar-refractivity contribution < 1.29 is 18.7 Å². The van der Waals surface area contributed by atoms with Crippen LogP contribution in [0.3, 0.4) is 0 Å². The molecular formula is C15H13FO3. The summed E-state index contributed by atoms with van der Waals surface area (Å²) in [6.07, 6.45) is 0.746. The van der Waals surface area contributed by atoms with Gasteiger partial charge in [-0.1, -0.05) is 12.1 Å². The van der Waals surface area contributed by atoms with Crippen molar-refractivity contribution >= 4 is 6.29 Å². The summed E-state index contributed by atoms with van der Waals surface area (Å²) in [6.45, 7) is 0.626. The number of para-hydroxylation sites is 1. The van der Waals surface area contributed by atoms with E-state index in [1.165, 1.54) is 12.1 Å². The zero-order valence-corrected chi connectivity index (χ0v) is 10.2. The van der Waals surface area contributed by atoms with E-state index in [0.29, 0.717) is 30.3 Å². The van der Waals surface area contributed by atoms with Gasteiger partial charge in [0, 0.05) is 0 Å². The molecule has 0 aliphatic carbocycles. The number of ether oxygens (including phenoxy) is 2. The molecule has 0 radical (unpaired) electrons. The third-order valence-electron chi connectivity index (χ3n) is 2.47. The highest BCUT2D eigenvalue weighted by Gasteiger charge is 2.01. The summed E-state index contributed by atoms with van der Waals surface area (Å²) in [5.74, 6) is 0.803. The summed E-state index contributed by atoms with van der Waals surface area (Å²) in [7, 11) is 0. The third kappa shape index (κ3) is 3.81. The Morgan fingerprint density at radius 2 is 1.63 bits per heavy atom. The molecule has 98 valence electrons. The quantitative estimate of drug-likeness (QED) is 0.591. The van der Waals surface area contributed by atoms with Crippen molar-refractivity contribution in [3.63, 3.8) is 0 Å². The minimum Gasteiger partial charge on any atom is -0.490 e. The Balaban J connectivity index is 1.80. The maximum absolute atomic E-state index is 12.7. The summed E-state index contributed by atoms with van der Waals surface area (Å²) in [4.78, 5) is 10.8. The number of halogens is 1. The Bertz CT molecular complexity index is 537. The molecule has 0 aliphatic heterocycles. The van der Waals surface area contributed by atoms with Gasteiger partial charge in [-0.3, -0.25) is 4.79 Å².